The number of amides is 1. The first-order chi connectivity index (χ1) is 11.4. The van der Waals surface area contributed by atoms with Gasteiger partial charge in [-0.05, 0) is 37.3 Å². The molecule has 122 valence electrons. The molecule has 2 aromatic carbocycles. The first kappa shape index (κ1) is 15.9. The third kappa shape index (κ3) is 2.79. The minimum Gasteiger partial charge on any atom is -0.507 e. The number of carbonyl (C=O) groups is 2. The Morgan fingerprint density at radius 1 is 1.17 bits per heavy atom. The number of hydrogen-bond donors (Lipinski definition) is 3. The standard InChI is InChI=1S/C17H12ClNO5/c1-8-12-6-9(18)2-5-14(12)24-15(8)16(21)19-10-3-4-11(17(22)23)13(20)7-10/h2-7,20H,1H3,(H,19,21)(H,22,23). The van der Waals surface area contributed by atoms with Gasteiger partial charge in [-0.1, -0.05) is 11.6 Å². The van der Waals surface area contributed by atoms with Crippen LogP contribution in [0.2, 0.25) is 5.02 Å². The monoisotopic (exact) mass is 345 g/mol. The summed E-state index contributed by atoms with van der Waals surface area (Å²) in [4.78, 5) is 23.3. The lowest BCUT2D eigenvalue weighted by Crippen LogP contribution is -2.12. The minimum absolute atomic E-state index is 0.120. The highest BCUT2D eigenvalue weighted by molar-refractivity contribution is 6.31. The maximum atomic E-state index is 12.4. The summed E-state index contributed by atoms with van der Waals surface area (Å²) in [6, 6.07) is 8.80. The Labute approximate surface area is 141 Å². The second-order valence-corrected chi connectivity index (χ2v) is 5.62. The van der Waals surface area contributed by atoms with E-state index >= 15 is 0 Å². The third-order valence-electron chi connectivity index (χ3n) is 3.59. The largest absolute Gasteiger partial charge is 0.507 e. The Hall–Kier alpha value is -2.99. The van der Waals surface area contributed by atoms with E-state index in [0.29, 0.717) is 16.2 Å². The predicted octanol–water partition coefficient (Wildman–Crippen LogP) is 4.05. The van der Waals surface area contributed by atoms with Crippen LogP contribution >= 0.6 is 11.6 Å². The van der Waals surface area contributed by atoms with E-state index in [1.165, 1.54) is 12.1 Å². The molecule has 0 unspecified atom stereocenters. The SMILES string of the molecule is Cc1c(C(=O)Nc2ccc(C(=O)O)c(O)c2)oc2ccc(Cl)cc12. The van der Waals surface area contributed by atoms with Crippen molar-refractivity contribution in [3.05, 3.63) is 58.3 Å². The first-order valence-corrected chi connectivity index (χ1v) is 7.31. The van der Waals surface area contributed by atoms with E-state index in [1.54, 1.807) is 25.1 Å². The maximum Gasteiger partial charge on any atom is 0.339 e. The molecule has 0 spiro atoms. The first-order valence-electron chi connectivity index (χ1n) is 6.93. The summed E-state index contributed by atoms with van der Waals surface area (Å²) < 4.78 is 5.55. The van der Waals surface area contributed by atoms with Gasteiger partial charge >= 0.3 is 5.97 Å². The number of nitrogens with one attached hydrogen (secondary N) is 1. The molecule has 1 amide bonds. The van der Waals surface area contributed by atoms with Crippen molar-refractivity contribution in [2.45, 2.75) is 6.92 Å². The molecule has 0 aliphatic rings. The summed E-state index contributed by atoms with van der Waals surface area (Å²) >= 11 is 5.95. The lowest BCUT2D eigenvalue weighted by Gasteiger charge is -2.06. The fraction of sp³-hybridized carbons (Fsp3) is 0.0588. The fourth-order valence-electron chi connectivity index (χ4n) is 2.39. The smallest absolute Gasteiger partial charge is 0.339 e. The lowest BCUT2D eigenvalue weighted by molar-refractivity contribution is 0.0693. The number of anilines is 1. The van der Waals surface area contributed by atoms with E-state index in [0.717, 1.165) is 11.5 Å². The molecule has 0 saturated heterocycles. The topological polar surface area (TPSA) is 99.8 Å². The molecule has 0 saturated carbocycles. The van der Waals surface area contributed by atoms with Gasteiger partial charge in [0.1, 0.15) is 16.9 Å². The molecule has 3 aromatic rings. The molecule has 0 aliphatic heterocycles. The van der Waals surface area contributed by atoms with Crippen molar-refractivity contribution in [3.8, 4) is 5.75 Å². The van der Waals surface area contributed by atoms with Crippen LogP contribution in [-0.4, -0.2) is 22.1 Å². The van der Waals surface area contributed by atoms with Crippen molar-refractivity contribution in [1.29, 1.82) is 0 Å². The van der Waals surface area contributed by atoms with Crippen LogP contribution in [0.15, 0.2) is 40.8 Å². The number of fused-ring (bicyclic) bond motifs is 1. The second-order valence-electron chi connectivity index (χ2n) is 5.19. The summed E-state index contributed by atoms with van der Waals surface area (Å²) in [5.41, 5.74) is 1.17. The molecule has 3 rings (SSSR count). The normalized spacial score (nSPS) is 10.8. The predicted molar refractivity (Wildman–Crippen MR) is 89.0 cm³/mol. The quantitative estimate of drug-likeness (QED) is 0.665. The van der Waals surface area contributed by atoms with Gasteiger partial charge in [-0.3, -0.25) is 4.79 Å². The van der Waals surface area contributed by atoms with Gasteiger partial charge in [0.2, 0.25) is 0 Å². The number of aromatic hydroxyl groups is 1. The van der Waals surface area contributed by atoms with Crippen molar-refractivity contribution in [2.75, 3.05) is 5.32 Å². The minimum atomic E-state index is -1.25. The summed E-state index contributed by atoms with van der Waals surface area (Å²) in [5.74, 6) is -2.08. The van der Waals surface area contributed by atoms with E-state index in [-0.39, 0.29) is 17.0 Å². The van der Waals surface area contributed by atoms with Gasteiger partial charge < -0.3 is 19.9 Å². The third-order valence-corrected chi connectivity index (χ3v) is 3.83. The van der Waals surface area contributed by atoms with Crippen molar-refractivity contribution >= 4 is 40.1 Å². The van der Waals surface area contributed by atoms with Gasteiger partial charge in [-0.2, -0.15) is 0 Å². The Kier molecular flexibility index (Phi) is 3.91. The van der Waals surface area contributed by atoms with Crippen LogP contribution in [-0.2, 0) is 0 Å². The summed E-state index contributed by atoms with van der Waals surface area (Å²) in [5, 5.41) is 22.4. The molecular weight excluding hydrogens is 334 g/mol. The number of phenols is 1. The second kappa shape index (κ2) is 5.90. The number of carboxylic acid groups (broad SMARTS) is 1. The number of aromatic carboxylic acids is 1. The number of rotatable bonds is 3. The summed E-state index contributed by atoms with van der Waals surface area (Å²) in [6.45, 7) is 1.74. The van der Waals surface area contributed by atoms with Crippen LogP contribution in [0.5, 0.6) is 5.75 Å². The van der Waals surface area contributed by atoms with Gasteiger partial charge in [-0.15, -0.1) is 0 Å². The fourth-order valence-corrected chi connectivity index (χ4v) is 2.56. The van der Waals surface area contributed by atoms with E-state index < -0.39 is 17.6 Å². The van der Waals surface area contributed by atoms with Gasteiger partial charge in [0, 0.05) is 27.7 Å². The highest BCUT2D eigenvalue weighted by atomic mass is 35.5. The van der Waals surface area contributed by atoms with Gasteiger partial charge in [0.25, 0.3) is 5.91 Å². The zero-order chi connectivity index (χ0) is 17.4. The zero-order valence-electron chi connectivity index (χ0n) is 12.5. The summed E-state index contributed by atoms with van der Waals surface area (Å²) in [6.07, 6.45) is 0. The zero-order valence-corrected chi connectivity index (χ0v) is 13.2. The number of halogens is 1. The van der Waals surface area contributed by atoms with E-state index in [4.69, 9.17) is 21.1 Å². The highest BCUT2D eigenvalue weighted by Crippen LogP contribution is 2.29. The van der Waals surface area contributed by atoms with E-state index in [2.05, 4.69) is 5.32 Å². The molecule has 0 radical (unpaired) electrons. The molecule has 6 nitrogen and oxygen atoms in total. The van der Waals surface area contributed by atoms with Crippen molar-refractivity contribution < 1.29 is 24.2 Å². The maximum absolute atomic E-state index is 12.4. The van der Waals surface area contributed by atoms with Gasteiger partial charge in [-0.25, -0.2) is 4.79 Å². The van der Waals surface area contributed by atoms with Crippen LogP contribution in [0, 0.1) is 6.92 Å². The molecule has 24 heavy (non-hydrogen) atoms. The molecule has 0 fully saturated rings. The Balaban J connectivity index is 1.91. The number of carbonyl (C=O) groups excluding carboxylic acids is 1. The van der Waals surface area contributed by atoms with Crippen LogP contribution in [0.25, 0.3) is 11.0 Å². The van der Waals surface area contributed by atoms with E-state index in [1.807, 2.05) is 0 Å². The van der Waals surface area contributed by atoms with Crippen LogP contribution in [0.3, 0.4) is 0 Å². The average molecular weight is 346 g/mol. The van der Waals surface area contributed by atoms with Crippen molar-refractivity contribution in [1.82, 2.24) is 0 Å². The molecule has 3 N–H and O–H groups in total. The molecule has 1 aromatic heterocycles. The molecular formula is C17H12ClNO5. The molecule has 0 aliphatic carbocycles. The Morgan fingerprint density at radius 3 is 2.58 bits per heavy atom. The Bertz CT molecular complexity index is 977. The Morgan fingerprint density at radius 2 is 1.92 bits per heavy atom. The van der Waals surface area contributed by atoms with Gasteiger partial charge in [0.05, 0.1) is 0 Å². The van der Waals surface area contributed by atoms with Crippen LogP contribution in [0.4, 0.5) is 5.69 Å². The number of aryl methyl sites for hydroxylation is 1. The molecule has 0 atom stereocenters. The number of furan rings is 1. The van der Waals surface area contributed by atoms with E-state index in [9.17, 15) is 14.7 Å². The van der Waals surface area contributed by atoms with Crippen LogP contribution < -0.4 is 5.32 Å². The van der Waals surface area contributed by atoms with Crippen LogP contribution in [0.1, 0.15) is 26.5 Å². The number of benzene rings is 2. The highest BCUT2D eigenvalue weighted by Gasteiger charge is 2.19. The molecule has 0 bridgehead atoms. The lowest BCUT2D eigenvalue weighted by atomic mass is 10.1. The number of carboxylic acids is 1. The molecule has 1 heterocycles. The van der Waals surface area contributed by atoms with Crippen molar-refractivity contribution in [3.63, 3.8) is 0 Å². The molecule has 7 heteroatoms. The van der Waals surface area contributed by atoms with Crippen molar-refractivity contribution in [2.24, 2.45) is 0 Å². The van der Waals surface area contributed by atoms with Gasteiger partial charge in [0.15, 0.2) is 5.76 Å². The summed E-state index contributed by atoms with van der Waals surface area (Å²) in [7, 11) is 0. The number of hydrogen-bond acceptors (Lipinski definition) is 4. The average Bonchev–Trinajstić information content (AvgIpc) is 2.84.